The summed E-state index contributed by atoms with van der Waals surface area (Å²) in [7, 11) is -3.21. The molecule has 0 aliphatic carbocycles. The third kappa shape index (κ3) is 3.54. The molecule has 0 bridgehead atoms. The lowest BCUT2D eigenvalue weighted by Gasteiger charge is -2.18. The highest BCUT2D eigenvalue weighted by Crippen LogP contribution is 2.47. The SMILES string of the molecule is COP(=O)(O)OC1CC(n2cc(C)c(N)nc2=O)O[C@@H]1CO. The summed E-state index contributed by atoms with van der Waals surface area (Å²) in [4.78, 5) is 24.9. The molecule has 1 fully saturated rings. The number of hydrogen-bond donors (Lipinski definition) is 3. The lowest BCUT2D eigenvalue weighted by molar-refractivity contribution is -0.0458. The Kier molecular flexibility index (Phi) is 5.00. The first-order valence-electron chi connectivity index (χ1n) is 6.46. The van der Waals surface area contributed by atoms with Crippen LogP contribution in [0, 0.1) is 6.92 Å². The lowest BCUT2D eigenvalue weighted by Crippen LogP contribution is -2.29. The first-order chi connectivity index (χ1) is 10.3. The summed E-state index contributed by atoms with van der Waals surface area (Å²) in [6.45, 7) is 1.23. The maximum Gasteiger partial charge on any atom is 0.472 e. The van der Waals surface area contributed by atoms with Crippen molar-refractivity contribution in [1.82, 2.24) is 9.55 Å². The van der Waals surface area contributed by atoms with Crippen molar-refractivity contribution < 1.29 is 28.3 Å². The van der Waals surface area contributed by atoms with Crippen LogP contribution in [0.2, 0.25) is 0 Å². The second-order valence-corrected chi connectivity index (χ2v) is 6.35. The standard InChI is InChI=1S/C11H18N3O7P/c1-6-4-14(11(16)13-10(6)12)9-3-7(8(5-15)20-9)21-22(17,18)19-2/h4,7-9,15H,3,5H2,1-2H3,(H,17,18)(H2,12,13,16)/t7?,8-,9?/m1/s1. The molecule has 4 N–H and O–H groups in total. The van der Waals surface area contributed by atoms with E-state index in [9.17, 15) is 19.4 Å². The first-order valence-corrected chi connectivity index (χ1v) is 7.95. The number of rotatable bonds is 5. The molecule has 124 valence electrons. The number of aliphatic hydroxyl groups is 1. The third-order valence-corrected chi connectivity index (χ3v) is 4.34. The number of aliphatic hydroxyl groups excluding tert-OH is 1. The Balaban J connectivity index is 2.24. The first kappa shape index (κ1) is 17.1. The maximum absolute atomic E-state index is 11.9. The predicted octanol–water partition coefficient (Wildman–Crippen LogP) is -0.454. The van der Waals surface area contributed by atoms with E-state index in [-0.39, 0.29) is 12.2 Å². The van der Waals surface area contributed by atoms with E-state index >= 15 is 0 Å². The van der Waals surface area contributed by atoms with E-state index in [0.29, 0.717) is 5.56 Å². The van der Waals surface area contributed by atoms with Gasteiger partial charge in [0.1, 0.15) is 24.3 Å². The minimum Gasteiger partial charge on any atom is -0.394 e. The summed E-state index contributed by atoms with van der Waals surface area (Å²) in [5.41, 5.74) is 5.51. The predicted molar refractivity (Wildman–Crippen MR) is 75.0 cm³/mol. The number of nitrogen functional groups attached to an aromatic ring is 1. The van der Waals surface area contributed by atoms with E-state index in [2.05, 4.69) is 9.51 Å². The highest BCUT2D eigenvalue weighted by molar-refractivity contribution is 7.47. The molecule has 10 nitrogen and oxygen atoms in total. The summed E-state index contributed by atoms with van der Waals surface area (Å²) in [6.07, 6.45) is -1.02. The number of nitrogens with two attached hydrogens (primary N) is 1. The fourth-order valence-corrected chi connectivity index (χ4v) is 2.80. The number of phosphoric ester groups is 1. The Labute approximate surface area is 126 Å². The smallest absolute Gasteiger partial charge is 0.394 e. The van der Waals surface area contributed by atoms with Gasteiger partial charge in [-0.15, -0.1) is 0 Å². The minimum absolute atomic E-state index is 0.0735. The van der Waals surface area contributed by atoms with Crippen LogP contribution in [0.15, 0.2) is 11.0 Å². The van der Waals surface area contributed by atoms with E-state index in [1.54, 1.807) is 6.92 Å². The Bertz CT molecular complexity index is 649. The van der Waals surface area contributed by atoms with Gasteiger partial charge in [0.05, 0.1) is 6.61 Å². The van der Waals surface area contributed by atoms with E-state index in [0.717, 1.165) is 7.11 Å². The number of ether oxygens (including phenoxy) is 1. The van der Waals surface area contributed by atoms with Crippen LogP contribution in [0.4, 0.5) is 5.82 Å². The van der Waals surface area contributed by atoms with Crippen LogP contribution in [-0.2, 0) is 18.3 Å². The Hall–Kier alpha value is -1.29. The average molecular weight is 335 g/mol. The van der Waals surface area contributed by atoms with Gasteiger partial charge in [-0.3, -0.25) is 13.6 Å². The molecule has 4 atom stereocenters. The summed E-state index contributed by atoms with van der Waals surface area (Å²) < 4.78 is 27.5. The molecular weight excluding hydrogens is 317 g/mol. The highest BCUT2D eigenvalue weighted by Gasteiger charge is 2.41. The number of aryl methyl sites for hydroxylation is 1. The molecule has 0 spiro atoms. The fraction of sp³-hybridized carbons (Fsp3) is 0.636. The van der Waals surface area contributed by atoms with Crippen molar-refractivity contribution in [1.29, 1.82) is 0 Å². The van der Waals surface area contributed by atoms with Gasteiger partial charge < -0.3 is 20.5 Å². The number of anilines is 1. The van der Waals surface area contributed by atoms with Crippen LogP contribution in [0.1, 0.15) is 18.2 Å². The second-order valence-electron chi connectivity index (χ2n) is 4.84. The molecule has 2 rings (SSSR count). The molecule has 2 heterocycles. The van der Waals surface area contributed by atoms with Gasteiger partial charge in [-0.05, 0) is 6.92 Å². The molecule has 1 aromatic heterocycles. The van der Waals surface area contributed by atoms with Gasteiger partial charge >= 0.3 is 13.5 Å². The van der Waals surface area contributed by atoms with Gasteiger partial charge in [-0.25, -0.2) is 9.36 Å². The van der Waals surface area contributed by atoms with Gasteiger partial charge in [-0.1, -0.05) is 0 Å². The van der Waals surface area contributed by atoms with Crippen molar-refractivity contribution in [2.45, 2.75) is 31.8 Å². The topological polar surface area (TPSA) is 146 Å². The Morgan fingerprint density at radius 3 is 2.91 bits per heavy atom. The van der Waals surface area contributed by atoms with Crippen molar-refractivity contribution in [2.24, 2.45) is 0 Å². The van der Waals surface area contributed by atoms with Gasteiger partial charge in [-0.2, -0.15) is 4.98 Å². The van der Waals surface area contributed by atoms with E-state index in [1.165, 1.54) is 10.8 Å². The van der Waals surface area contributed by atoms with Gasteiger partial charge in [0.15, 0.2) is 0 Å². The minimum atomic E-state index is -4.23. The molecule has 1 aliphatic heterocycles. The van der Waals surface area contributed by atoms with Crippen molar-refractivity contribution in [3.8, 4) is 0 Å². The van der Waals surface area contributed by atoms with Gasteiger partial charge in [0, 0.05) is 25.3 Å². The van der Waals surface area contributed by atoms with Crippen LogP contribution in [0.5, 0.6) is 0 Å². The maximum atomic E-state index is 11.9. The van der Waals surface area contributed by atoms with E-state index < -0.39 is 38.6 Å². The van der Waals surface area contributed by atoms with Crippen LogP contribution in [0.3, 0.4) is 0 Å². The molecule has 0 saturated carbocycles. The molecule has 22 heavy (non-hydrogen) atoms. The number of phosphoric acid groups is 1. The van der Waals surface area contributed by atoms with Crippen molar-refractivity contribution in [2.75, 3.05) is 19.5 Å². The normalized spacial score (nSPS) is 27.7. The fourth-order valence-electron chi connectivity index (χ4n) is 2.15. The molecule has 1 saturated heterocycles. The second kappa shape index (κ2) is 6.45. The van der Waals surface area contributed by atoms with Crippen molar-refractivity contribution in [3.63, 3.8) is 0 Å². The van der Waals surface area contributed by atoms with Crippen LogP contribution in [-0.4, -0.2) is 45.5 Å². The number of hydrogen-bond acceptors (Lipinski definition) is 8. The lowest BCUT2D eigenvalue weighted by atomic mass is 10.2. The average Bonchev–Trinajstić information content (AvgIpc) is 2.84. The van der Waals surface area contributed by atoms with Crippen LogP contribution >= 0.6 is 7.82 Å². The molecule has 1 aromatic rings. The largest absolute Gasteiger partial charge is 0.472 e. The number of nitrogens with zero attached hydrogens (tertiary/aromatic N) is 2. The summed E-state index contributed by atoms with van der Waals surface area (Å²) in [5.74, 6) is 0.116. The highest BCUT2D eigenvalue weighted by atomic mass is 31.2. The zero-order valence-corrected chi connectivity index (χ0v) is 13.0. The zero-order chi connectivity index (χ0) is 16.5. The quantitative estimate of drug-likeness (QED) is 0.608. The number of aromatic nitrogens is 2. The van der Waals surface area contributed by atoms with Crippen LogP contribution in [0.25, 0.3) is 0 Å². The molecule has 0 radical (unpaired) electrons. The molecule has 0 aromatic carbocycles. The summed E-state index contributed by atoms with van der Waals surface area (Å²) >= 11 is 0. The van der Waals surface area contributed by atoms with E-state index in [4.69, 9.17) is 15.0 Å². The monoisotopic (exact) mass is 335 g/mol. The molecular formula is C11H18N3O7P. The van der Waals surface area contributed by atoms with Crippen molar-refractivity contribution >= 4 is 13.6 Å². The Morgan fingerprint density at radius 2 is 2.32 bits per heavy atom. The summed E-state index contributed by atoms with van der Waals surface area (Å²) in [5, 5.41) is 9.30. The van der Waals surface area contributed by atoms with E-state index in [1.807, 2.05) is 0 Å². The molecule has 11 heteroatoms. The molecule has 0 amide bonds. The molecule has 1 aliphatic rings. The van der Waals surface area contributed by atoms with Crippen molar-refractivity contribution in [3.05, 3.63) is 22.2 Å². The Morgan fingerprint density at radius 1 is 1.64 bits per heavy atom. The van der Waals surface area contributed by atoms with Gasteiger partial charge in [0.2, 0.25) is 0 Å². The zero-order valence-electron chi connectivity index (χ0n) is 12.1. The summed E-state index contributed by atoms with van der Waals surface area (Å²) in [6, 6.07) is 0. The molecule has 3 unspecified atom stereocenters. The third-order valence-electron chi connectivity index (χ3n) is 3.34. The van der Waals surface area contributed by atoms with Gasteiger partial charge in [0.25, 0.3) is 0 Å². The van der Waals surface area contributed by atoms with Crippen LogP contribution < -0.4 is 11.4 Å².